The van der Waals surface area contributed by atoms with Gasteiger partial charge in [-0.05, 0) is 55.4 Å². The van der Waals surface area contributed by atoms with Crippen LogP contribution in [0.1, 0.15) is 74.7 Å². The smallest absolute Gasteiger partial charge is 0.251 e. The van der Waals surface area contributed by atoms with Crippen molar-refractivity contribution in [2.45, 2.75) is 70.9 Å². The Morgan fingerprint density at radius 2 is 1.76 bits per heavy atom. The first kappa shape index (κ1) is 29.1. The molecule has 38 heavy (non-hydrogen) atoms. The molecule has 10 heteroatoms. The molecule has 1 saturated heterocycles. The minimum absolute atomic E-state index is 0.0797. The van der Waals surface area contributed by atoms with Gasteiger partial charge >= 0.3 is 0 Å². The molecule has 3 rings (SSSR count). The lowest BCUT2D eigenvalue weighted by Gasteiger charge is -2.36. The number of carbonyl (C=O) groups is 4. The Labute approximate surface area is 224 Å². The van der Waals surface area contributed by atoms with Gasteiger partial charge in [0.15, 0.2) is 0 Å². The molecule has 1 saturated carbocycles. The van der Waals surface area contributed by atoms with Gasteiger partial charge in [0.1, 0.15) is 6.04 Å². The molecule has 2 aliphatic rings. The summed E-state index contributed by atoms with van der Waals surface area (Å²) in [6, 6.07) is 7.67. The van der Waals surface area contributed by atoms with Gasteiger partial charge in [0.05, 0.1) is 24.1 Å². The fraction of sp³-hybridized carbons (Fsp3) is 0.607. The third-order valence-corrected chi connectivity index (χ3v) is 7.64. The zero-order valence-electron chi connectivity index (χ0n) is 22.3. The van der Waals surface area contributed by atoms with Crippen molar-refractivity contribution in [2.24, 2.45) is 17.8 Å². The summed E-state index contributed by atoms with van der Waals surface area (Å²) in [7, 11) is 0. The highest BCUT2D eigenvalue weighted by molar-refractivity contribution is 5.94. The van der Waals surface area contributed by atoms with E-state index in [1.807, 2.05) is 19.9 Å². The van der Waals surface area contributed by atoms with Crippen LogP contribution in [0.3, 0.4) is 0 Å². The molecule has 10 nitrogen and oxygen atoms in total. The third-order valence-electron chi connectivity index (χ3n) is 7.64. The lowest BCUT2D eigenvalue weighted by atomic mass is 9.91. The normalized spacial score (nSPS) is 17.9. The minimum atomic E-state index is -0.721. The maximum absolute atomic E-state index is 13.4. The number of rotatable bonds is 11. The number of piperidine rings is 1. The Kier molecular flexibility index (Phi) is 10.7. The molecule has 1 aliphatic heterocycles. The van der Waals surface area contributed by atoms with E-state index in [-0.39, 0.29) is 36.2 Å². The molecule has 3 N–H and O–H groups in total. The van der Waals surface area contributed by atoms with Crippen LogP contribution >= 0.6 is 0 Å². The van der Waals surface area contributed by atoms with Crippen molar-refractivity contribution in [2.75, 3.05) is 19.6 Å². The lowest BCUT2D eigenvalue weighted by molar-refractivity contribution is -0.155. The second-order valence-electron chi connectivity index (χ2n) is 10.8. The lowest BCUT2D eigenvalue weighted by Crippen LogP contribution is -2.56. The zero-order chi connectivity index (χ0) is 27.7. The molecule has 0 spiro atoms. The molecule has 2 atom stereocenters. The molecule has 206 valence electrons. The van der Waals surface area contributed by atoms with Crippen molar-refractivity contribution < 1.29 is 24.4 Å². The second-order valence-corrected chi connectivity index (χ2v) is 10.8. The third kappa shape index (κ3) is 8.02. The highest BCUT2D eigenvalue weighted by atomic mass is 16.5. The molecule has 2 unspecified atom stereocenters. The number of nitrogens with zero attached hydrogens (tertiary/aromatic N) is 3. The molecule has 0 bridgehead atoms. The van der Waals surface area contributed by atoms with Crippen LogP contribution in [0, 0.1) is 29.1 Å². The fourth-order valence-corrected chi connectivity index (χ4v) is 5.37. The van der Waals surface area contributed by atoms with Gasteiger partial charge in [-0.1, -0.05) is 39.5 Å². The van der Waals surface area contributed by atoms with E-state index in [0.29, 0.717) is 60.9 Å². The molecule has 1 heterocycles. The van der Waals surface area contributed by atoms with Crippen LogP contribution in [0.25, 0.3) is 0 Å². The van der Waals surface area contributed by atoms with E-state index in [1.54, 1.807) is 29.2 Å². The van der Waals surface area contributed by atoms with Crippen LogP contribution < -0.4 is 10.6 Å². The SMILES string of the molecule is CC(C)C(NC(=O)C(CC1CCCC1)CN(O)C=O)C(=O)N1CCC(NC(=O)c2ccc(C#N)cc2)CC1. The standard InChI is InChI=1S/C28H39N5O5/c1-19(2)25(31-27(36)23(17-33(38)18-34)15-20-5-3-4-6-20)28(37)32-13-11-24(12-14-32)30-26(35)22-9-7-21(16-29)8-10-22/h7-10,18-20,23-25,38H,3-6,11-15,17H2,1-2H3,(H,30,35)(H,31,36). The maximum Gasteiger partial charge on any atom is 0.251 e. The predicted octanol–water partition coefficient (Wildman–Crippen LogP) is 2.46. The molecule has 4 amide bonds. The first-order valence-electron chi connectivity index (χ1n) is 13.5. The molecule has 2 fully saturated rings. The summed E-state index contributed by atoms with van der Waals surface area (Å²) >= 11 is 0. The Morgan fingerprint density at radius 3 is 2.32 bits per heavy atom. The second kappa shape index (κ2) is 13.9. The van der Waals surface area contributed by atoms with E-state index < -0.39 is 12.0 Å². The van der Waals surface area contributed by atoms with Crippen molar-refractivity contribution >= 4 is 24.1 Å². The number of amides is 4. The van der Waals surface area contributed by atoms with Gasteiger partial charge in [-0.25, -0.2) is 5.06 Å². The van der Waals surface area contributed by atoms with Crippen LogP contribution in [-0.2, 0) is 14.4 Å². The van der Waals surface area contributed by atoms with Crippen LogP contribution in [0.2, 0.25) is 0 Å². The summed E-state index contributed by atoms with van der Waals surface area (Å²) in [5, 5.41) is 25.1. The summed E-state index contributed by atoms with van der Waals surface area (Å²) in [4.78, 5) is 51.9. The average Bonchev–Trinajstić information content (AvgIpc) is 3.44. The van der Waals surface area contributed by atoms with Crippen molar-refractivity contribution in [3.63, 3.8) is 0 Å². The zero-order valence-corrected chi connectivity index (χ0v) is 22.3. The molecule has 0 aromatic heterocycles. The van der Waals surface area contributed by atoms with E-state index >= 15 is 0 Å². The van der Waals surface area contributed by atoms with Crippen LogP contribution in [0.15, 0.2) is 24.3 Å². The summed E-state index contributed by atoms with van der Waals surface area (Å²) in [5.74, 6) is -1.07. The molecular formula is C28H39N5O5. The Morgan fingerprint density at radius 1 is 1.13 bits per heavy atom. The largest absolute Gasteiger partial charge is 0.349 e. The molecule has 1 aliphatic carbocycles. The molecule has 0 radical (unpaired) electrons. The first-order valence-corrected chi connectivity index (χ1v) is 13.5. The fourth-order valence-electron chi connectivity index (χ4n) is 5.37. The van der Waals surface area contributed by atoms with Gasteiger partial charge in [0.2, 0.25) is 18.2 Å². The van der Waals surface area contributed by atoms with E-state index in [2.05, 4.69) is 10.6 Å². The number of hydrogen-bond acceptors (Lipinski definition) is 6. The quantitative estimate of drug-likeness (QED) is 0.230. The number of likely N-dealkylation sites (tertiary alicyclic amines) is 1. The average molecular weight is 526 g/mol. The Hall–Kier alpha value is -3.45. The van der Waals surface area contributed by atoms with Gasteiger partial charge in [0.25, 0.3) is 5.91 Å². The summed E-state index contributed by atoms with van der Waals surface area (Å²) in [5.41, 5.74) is 0.968. The van der Waals surface area contributed by atoms with Crippen molar-refractivity contribution in [1.29, 1.82) is 5.26 Å². The first-order chi connectivity index (χ1) is 18.2. The minimum Gasteiger partial charge on any atom is -0.349 e. The van der Waals surface area contributed by atoms with E-state index in [4.69, 9.17) is 5.26 Å². The van der Waals surface area contributed by atoms with Crippen LogP contribution in [0.5, 0.6) is 0 Å². The highest BCUT2D eigenvalue weighted by Crippen LogP contribution is 2.31. The van der Waals surface area contributed by atoms with E-state index in [1.165, 1.54) is 0 Å². The van der Waals surface area contributed by atoms with Crippen molar-refractivity contribution in [3.8, 4) is 6.07 Å². The number of hydroxylamine groups is 2. The topological polar surface area (TPSA) is 143 Å². The van der Waals surface area contributed by atoms with Crippen LogP contribution in [0.4, 0.5) is 0 Å². The van der Waals surface area contributed by atoms with Gasteiger partial charge < -0.3 is 15.5 Å². The van der Waals surface area contributed by atoms with E-state index in [0.717, 1.165) is 25.7 Å². The molecular weight excluding hydrogens is 486 g/mol. The van der Waals surface area contributed by atoms with Crippen molar-refractivity contribution in [1.82, 2.24) is 20.6 Å². The summed E-state index contributed by atoms with van der Waals surface area (Å²) < 4.78 is 0. The van der Waals surface area contributed by atoms with Crippen LogP contribution in [-0.4, -0.2) is 71.0 Å². The number of carbonyl (C=O) groups excluding carboxylic acids is 4. The number of nitriles is 1. The highest BCUT2D eigenvalue weighted by Gasteiger charge is 2.34. The van der Waals surface area contributed by atoms with Gasteiger partial charge in [-0.2, -0.15) is 5.26 Å². The monoisotopic (exact) mass is 525 g/mol. The number of benzene rings is 1. The number of nitrogens with one attached hydrogen (secondary N) is 2. The Bertz CT molecular complexity index is 1010. The summed E-state index contributed by atoms with van der Waals surface area (Å²) in [6.07, 6.45) is 6.34. The van der Waals surface area contributed by atoms with Gasteiger partial charge in [-0.15, -0.1) is 0 Å². The predicted molar refractivity (Wildman–Crippen MR) is 140 cm³/mol. The maximum atomic E-state index is 13.4. The van der Waals surface area contributed by atoms with E-state index in [9.17, 15) is 24.4 Å². The summed E-state index contributed by atoms with van der Waals surface area (Å²) in [6.45, 7) is 4.57. The molecule has 1 aromatic carbocycles. The Balaban J connectivity index is 1.55. The van der Waals surface area contributed by atoms with Gasteiger partial charge in [-0.3, -0.25) is 24.4 Å². The molecule has 1 aromatic rings. The van der Waals surface area contributed by atoms with Crippen molar-refractivity contribution in [3.05, 3.63) is 35.4 Å². The van der Waals surface area contributed by atoms with Gasteiger partial charge in [0, 0.05) is 24.7 Å². The number of hydrogen-bond donors (Lipinski definition) is 3.